The molecule has 4 rings (SSSR count). The van der Waals surface area contributed by atoms with Crippen LogP contribution in [0.4, 0.5) is 5.69 Å². The van der Waals surface area contributed by atoms with Gasteiger partial charge in [-0.15, -0.1) is 0 Å². The third-order valence-electron chi connectivity index (χ3n) is 5.21. The van der Waals surface area contributed by atoms with E-state index in [4.69, 9.17) is 9.47 Å². The molecule has 2 heterocycles. The molecule has 0 fully saturated rings. The van der Waals surface area contributed by atoms with Crippen LogP contribution in [0.5, 0.6) is 11.5 Å². The molecule has 0 radical (unpaired) electrons. The largest absolute Gasteiger partial charge is 0.493 e. The van der Waals surface area contributed by atoms with Crippen LogP contribution in [0, 0.1) is 6.92 Å². The number of amides is 2. The summed E-state index contributed by atoms with van der Waals surface area (Å²) in [6.45, 7) is 2.06. The Hall–Kier alpha value is -4.13. The molecule has 1 aliphatic heterocycles. The highest BCUT2D eigenvalue weighted by Crippen LogP contribution is 2.34. The van der Waals surface area contributed by atoms with E-state index in [2.05, 4.69) is 10.3 Å². The van der Waals surface area contributed by atoms with E-state index in [-0.39, 0.29) is 18.1 Å². The highest BCUT2D eigenvalue weighted by atomic mass is 16.5. The molecule has 0 atom stereocenters. The summed E-state index contributed by atoms with van der Waals surface area (Å²) in [4.78, 5) is 32.2. The summed E-state index contributed by atoms with van der Waals surface area (Å²) >= 11 is 0. The number of aryl methyl sites for hydroxylation is 1. The van der Waals surface area contributed by atoms with Crippen molar-refractivity contribution in [2.75, 3.05) is 19.5 Å². The average Bonchev–Trinajstić information content (AvgIpc) is 3.04. The Labute approximate surface area is 186 Å². The Morgan fingerprint density at radius 2 is 1.66 bits per heavy atom. The number of nitrogens with one attached hydrogen (secondary N) is 1. The van der Waals surface area contributed by atoms with Gasteiger partial charge < -0.3 is 14.8 Å². The third-order valence-corrected chi connectivity index (χ3v) is 5.21. The number of carbonyl (C=O) groups is 2. The zero-order valence-corrected chi connectivity index (χ0v) is 18.1. The number of pyridine rings is 1. The number of carbonyl (C=O) groups excluding carboxylic acids is 2. The molecule has 0 saturated carbocycles. The van der Waals surface area contributed by atoms with Crippen molar-refractivity contribution in [3.05, 3.63) is 89.4 Å². The van der Waals surface area contributed by atoms with Crippen LogP contribution < -0.4 is 14.8 Å². The lowest BCUT2D eigenvalue weighted by Crippen LogP contribution is -2.32. The average molecular weight is 429 g/mol. The van der Waals surface area contributed by atoms with Gasteiger partial charge in [0.1, 0.15) is 5.70 Å². The molecule has 1 aliphatic rings. The number of benzene rings is 2. The molecular formula is C25H23N3O4. The van der Waals surface area contributed by atoms with Crippen LogP contribution in [0.25, 0.3) is 5.57 Å². The molecule has 0 aliphatic carbocycles. The number of imide groups is 1. The molecule has 2 amide bonds. The summed E-state index contributed by atoms with van der Waals surface area (Å²) in [5.41, 5.74) is 3.49. The number of hydrogen-bond acceptors (Lipinski definition) is 6. The van der Waals surface area contributed by atoms with E-state index >= 15 is 0 Å². The predicted octanol–water partition coefficient (Wildman–Crippen LogP) is 3.80. The summed E-state index contributed by atoms with van der Waals surface area (Å²) in [6.07, 6.45) is 1.64. The first-order valence-electron chi connectivity index (χ1n) is 10.1. The van der Waals surface area contributed by atoms with E-state index < -0.39 is 5.91 Å². The van der Waals surface area contributed by atoms with Crippen LogP contribution >= 0.6 is 0 Å². The lowest BCUT2D eigenvalue weighted by atomic mass is 10.0. The van der Waals surface area contributed by atoms with Gasteiger partial charge in [0.2, 0.25) is 0 Å². The Kier molecular flexibility index (Phi) is 5.89. The Bertz CT molecular complexity index is 1190. The minimum absolute atomic E-state index is 0.0883. The SMILES string of the molecule is COc1ccc(NC2=C(c3ccc(C)cc3)C(=O)N(Cc3ccccn3)C2=O)cc1OC. The van der Waals surface area contributed by atoms with Gasteiger partial charge in [0, 0.05) is 18.0 Å². The Morgan fingerprint density at radius 3 is 2.31 bits per heavy atom. The van der Waals surface area contributed by atoms with Crippen molar-refractivity contribution in [3.63, 3.8) is 0 Å². The highest BCUT2D eigenvalue weighted by molar-refractivity contribution is 6.36. The monoisotopic (exact) mass is 429 g/mol. The molecule has 7 heteroatoms. The van der Waals surface area contributed by atoms with Crippen molar-refractivity contribution in [3.8, 4) is 11.5 Å². The van der Waals surface area contributed by atoms with E-state index in [1.807, 2.05) is 37.3 Å². The number of nitrogens with zero attached hydrogens (tertiary/aromatic N) is 2. The maximum Gasteiger partial charge on any atom is 0.278 e. The van der Waals surface area contributed by atoms with E-state index in [9.17, 15) is 9.59 Å². The molecular weight excluding hydrogens is 406 g/mol. The van der Waals surface area contributed by atoms with Crippen molar-refractivity contribution in [2.45, 2.75) is 13.5 Å². The molecule has 3 aromatic rings. The quantitative estimate of drug-likeness (QED) is 0.576. The van der Waals surface area contributed by atoms with Gasteiger partial charge >= 0.3 is 0 Å². The molecule has 162 valence electrons. The second kappa shape index (κ2) is 8.93. The molecule has 32 heavy (non-hydrogen) atoms. The fraction of sp³-hybridized carbons (Fsp3) is 0.160. The molecule has 0 bridgehead atoms. The van der Waals surface area contributed by atoms with Gasteiger partial charge in [-0.25, -0.2) is 0 Å². The summed E-state index contributed by atoms with van der Waals surface area (Å²) in [6, 6.07) is 18.1. The predicted molar refractivity (Wildman–Crippen MR) is 121 cm³/mol. The lowest BCUT2D eigenvalue weighted by Gasteiger charge is -2.15. The number of methoxy groups -OCH3 is 2. The van der Waals surface area contributed by atoms with Crippen LogP contribution in [0.15, 0.2) is 72.6 Å². The molecule has 1 N–H and O–H groups in total. The minimum Gasteiger partial charge on any atom is -0.493 e. The molecule has 7 nitrogen and oxygen atoms in total. The number of rotatable bonds is 7. The number of anilines is 1. The maximum absolute atomic E-state index is 13.4. The highest BCUT2D eigenvalue weighted by Gasteiger charge is 2.39. The van der Waals surface area contributed by atoms with E-state index in [1.54, 1.807) is 43.6 Å². The van der Waals surface area contributed by atoms with Crippen LogP contribution in [0.1, 0.15) is 16.8 Å². The van der Waals surface area contributed by atoms with Crippen molar-refractivity contribution in [1.82, 2.24) is 9.88 Å². The van der Waals surface area contributed by atoms with Crippen LogP contribution in [0.2, 0.25) is 0 Å². The van der Waals surface area contributed by atoms with Gasteiger partial charge in [-0.3, -0.25) is 19.5 Å². The molecule has 0 unspecified atom stereocenters. The number of ether oxygens (including phenoxy) is 2. The minimum atomic E-state index is -0.411. The molecule has 0 spiro atoms. The molecule has 0 saturated heterocycles. The van der Waals surface area contributed by atoms with Crippen LogP contribution in [0.3, 0.4) is 0 Å². The second-order valence-corrected chi connectivity index (χ2v) is 7.33. The van der Waals surface area contributed by atoms with Crippen molar-refractivity contribution >= 4 is 23.1 Å². The maximum atomic E-state index is 13.4. The van der Waals surface area contributed by atoms with Crippen LogP contribution in [-0.4, -0.2) is 35.9 Å². The topological polar surface area (TPSA) is 80.8 Å². The Morgan fingerprint density at radius 1 is 0.906 bits per heavy atom. The van der Waals surface area contributed by atoms with Gasteiger partial charge in [-0.05, 0) is 36.8 Å². The first-order valence-corrected chi connectivity index (χ1v) is 10.1. The summed E-state index contributed by atoms with van der Waals surface area (Å²) < 4.78 is 10.6. The number of hydrogen-bond donors (Lipinski definition) is 1. The van der Waals surface area contributed by atoms with Crippen molar-refractivity contribution in [1.29, 1.82) is 0 Å². The normalized spacial score (nSPS) is 13.5. The fourth-order valence-corrected chi connectivity index (χ4v) is 3.54. The van der Waals surface area contributed by atoms with Crippen LogP contribution in [-0.2, 0) is 16.1 Å². The Balaban J connectivity index is 1.74. The van der Waals surface area contributed by atoms with Gasteiger partial charge in [0.05, 0.1) is 32.0 Å². The molecule has 1 aromatic heterocycles. The van der Waals surface area contributed by atoms with Gasteiger partial charge in [0.25, 0.3) is 11.8 Å². The van der Waals surface area contributed by atoms with E-state index in [0.29, 0.717) is 34.0 Å². The summed E-state index contributed by atoms with van der Waals surface area (Å²) in [5, 5.41) is 3.14. The van der Waals surface area contributed by atoms with E-state index in [1.165, 1.54) is 12.0 Å². The fourth-order valence-electron chi connectivity index (χ4n) is 3.54. The molecule has 2 aromatic carbocycles. The second-order valence-electron chi connectivity index (χ2n) is 7.33. The zero-order chi connectivity index (χ0) is 22.7. The lowest BCUT2D eigenvalue weighted by molar-refractivity contribution is -0.137. The van der Waals surface area contributed by atoms with Gasteiger partial charge in [0.15, 0.2) is 11.5 Å². The summed E-state index contributed by atoms with van der Waals surface area (Å²) in [7, 11) is 3.09. The van der Waals surface area contributed by atoms with Gasteiger partial charge in [-0.1, -0.05) is 35.9 Å². The van der Waals surface area contributed by atoms with Crippen molar-refractivity contribution in [2.24, 2.45) is 0 Å². The van der Waals surface area contributed by atoms with Gasteiger partial charge in [-0.2, -0.15) is 0 Å². The smallest absolute Gasteiger partial charge is 0.278 e. The number of aromatic nitrogens is 1. The van der Waals surface area contributed by atoms with Crippen molar-refractivity contribution < 1.29 is 19.1 Å². The van der Waals surface area contributed by atoms with E-state index in [0.717, 1.165) is 5.56 Å². The first kappa shape index (κ1) is 21.1. The summed E-state index contributed by atoms with van der Waals surface area (Å²) in [5.74, 6) is 0.298. The standard InChI is InChI=1S/C25H23N3O4/c1-16-7-9-17(10-8-16)22-23(27-18-11-12-20(31-2)21(14-18)32-3)25(30)28(24(22)29)15-19-6-4-5-13-26-19/h4-14,27H,15H2,1-3H3. The first-order chi connectivity index (χ1) is 15.5. The zero-order valence-electron chi connectivity index (χ0n) is 18.1. The third kappa shape index (κ3) is 4.05.